The molecule has 3 nitrogen and oxygen atoms in total. The third-order valence-electron chi connectivity index (χ3n) is 3.28. The van der Waals surface area contributed by atoms with Gasteiger partial charge in [-0.15, -0.1) is 0 Å². The van der Waals surface area contributed by atoms with Crippen LogP contribution in [0.25, 0.3) is 22.4 Å². The lowest BCUT2D eigenvalue weighted by molar-refractivity contribution is 0.439. The molecule has 2 aromatic carbocycles. The van der Waals surface area contributed by atoms with Crippen LogP contribution in [0, 0.1) is 12.7 Å². The van der Waals surface area contributed by atoms with Gasteiger partial charge in [-0.05, 0) is 36.2 Å². The number of hydrogen-bond donors (Lipinski definition) is 1. The summed E-state index contributed by atoms with van der Waals surface area (Å²) in [4.78, 5) is 0. The van der Waals surface area contributed by atoms with E-state index in [2.05, 4.69) is 21.1 Å². The van der Waals surface area contributed by atoms with Crippen LogP contribution in [-0.4, -0.2) is 5.16 Å². The molecule has 0 saturated heterocycles. The Morgan fingerprint density at radius 2 is 1.95 bits per heavy atom. The number of benzene rings is 2. The number of aromatic nitrogens is 1. The van der Waals surface area contributed by atoms with Gasteiger partial charge in [0.1, 0.15) is 11.5 Å². The van der Waals surface area contributed by atoms with Gasteiger partial charge in [0.2, 0.25) is 5.88 Å². The Bertz CT molecular complexity index is 814. The lowest BCUT2D eigenvalue weighted by Crippen LogP contribution is -1.89. The molecular formula is C16H12BrFN2O. The summed E-state index contributed by atoms with van der Waals surface area (Å²) < 4.78 is 19.5. The SMILES string of the molecule is Cc1ccc(-c2noc(N)c2-c2cccc(F)c2)cc1Br. The van der Waals surface area contributed by atoms with Gasteiger partial charge in [0, 0.05) is 10.0 Å². The van der Waals surface area contributed by atoms with Gasteiger partial charge in [-0.2, -0.15) is 0 Å². The van der Waals surface area contributed by atoms with Crippen LogP contribution in [0.15, 0.2) is 51.5 Å². The summed E-state index contributed by atoms with van der Waals surface area (Å²) in [5.74, 6) is -0.156. The number of nitrogens with zero attached hydrogens (tertiary/aromatic N) is 1. The highest BCUT2D eigenvalue weighted by Crippen LogP contribution is 2.37. The van der Waals surface area contributed by atoms with Crippen LogP contribution in [0.4, 0.5) is 10.3 Å². The van der Waals surface area contributed by atoms with Gasteiger partial charge >= 0.3 is 0 Å². The molecule has 0 saturated carbocycles. The number of halogens is 2. The molecule has 0 radical (unpaired) electrons. The molecular weight excluding hydrogens is 335 g/mol. The van der Waals surface area contributed by atoms with Crippen LogP contribution in [-0.2, 0) is 0 Å². The fourth-order valence-corrected chi connectivity index (χ4v) is 2.54. The zero-order chi connectivity index (χ0) is 15.0. The van der Waals surface area contributed by atoms with Crippen molar-refractivity contribution >= 4 is 21.8 Å². The van der Waals surface area contributed by atoms with Crippen LogP contribution in [0.1, 0.15) is 5.56 Å². The Hall–Kier alpha value is -2.14. The molecule has 0 aliphatic carbocycles. The number of nitrogen functional groups attached to an aromatic ring is 1. The molecule has 3 aromatic rings. The summed E-state index contributed by atoms with van der Waals surface area (Å²) in [5, 5.41) is 4.02. The van der Waals surface area contributed by atoms with E-state index < -0.39 is 0 Å². The molecule has 3 rings (SSSR count). The predicted molar refractivity (Wildman–Crippen MR) is 84.2 cm³/mol. The standard InChI is InChI=1S/C16H12BrFN2O/c1-9-5-6-11(8-13(9)17)15-14(16(19)21-20-15)10-3-2-4-12(18)7-10/h2-8H,19H2,1H3. The number of nitrogens with two attached hydrogens (primary N) is 1. The van der Waals surface area contributed by atoms with E-state index in [0.717, 1.165) is 15.6 Å². The fraction of sp³-hybridized carbons (Fsp3) is 0.0625. The van der Waals surface area contributed by atoms with Crippen LogP contribution >= 0.6 is 15.9 Å². The maximum Gasteiger partial charge on any atom is 0.230 e. The fourth-order valence-electron chi connectivity index (χ4n) is 2.16. The first kappa shape index (κ1) is 13.8. The van der Waals surface area contributed by atoms with E-state index in [9.17, 15) is 4.39 Å². The molecule has 0 fully saturated rings. The minimum absolute atomic E-state index is 0.173. The molecule has 21 heavy (non-hydrogen) atoms. The van der Waals surface area contributed by atoms with Gasteiger partial charge in [-0.25, -0.2) is 4.39 Å². The van der Waals surface area contributed by atoms with Crippen molar-refractivity contribution in [2.75, 3.05) is 5.73 Å². The van der Waals surface area contributed by atoms with Gasteiger partial charge in [-0.3, -0.25) is 0 Å². The summed E-state index contributed by atoms with van der Waals surface area (Å²) in [5.41, 5.74) is 9.67. The topological polar surface area (TPSA) is 52.0 Å². The lowest BCUT2D eigenvalue weighted by atomic mass is 10.0. The zero-order valence-corrected chi connectivity index (χ0v) is 12.8. The molecule has 0 aliphatic rings. The first-order valence-corrected chi connectivity index (χ1v) is 7.13. The van der Waals surface area contributed by atoms with Crippen molar-refractivity contribution in [3.8, 4) is 22.4 Å². The monoisotopic (exact) mass is 346 g/mol. The Balaban J connectivity index is 2.19. The second kappa shape index (κ2) is 5.33. The lowest BCUT2D eigenvalue weighted by Gasteiger charge is -2.05. The highest BCUT2D eigenvalue weighted by molar-refractivity contribution is 9.10. The zero-order valence-electron chi connectivity index (χ0n) is 11.2. The van der Waals surface area contributed by atoms with Gasteiger partial charge < -0.3 is 10.3 Å². The molecule has 1 aromatic heterocycles. The van der Waals surface area contributed by atoms with E-state index in [1.54, 1.807) is 12.1 Å². The van der Waals surface area contributed by atoms with E-state index in [1.807, 2.05) is 25.1 Å². The minimum atomic E-state index is -0.330. The highest BCUT2D eigenvalue weighted by Gasteiger charge is 2.18. The molecule has 0 bridgehead atoms. The quantitative estimate of drug-likeness (QED) is 0.724. The van der Waals surface area contributed by atoms with Gasteiger partial charge in [0.05, 0.1) is 5.56 Å². The Morgan fingerprint density at radius 1 is 1.14 bits per heavy atom. The van der Waals surface area contributed by atoms with E-state index in [0.29, 0.717) is 16.8 Å². The van der Waals surface area contributed by atoms with Crippen LogP contribution < -0.4 is 5.73 Å². The smallest absolute Gasteiger partial charge is 0.230 e. The molecule has 0 spiro atoms. The first-order chi connectivity index (χ1) is 10.1. The van der Waals surface area contributed by atoms with E-state index in [1.165, 1.54) is 12.1 Å². The van der Waals surface area contributed by atoms with Gasteiger partial charge in [0.15, 0.2) is 0 Å². The van der Waals surface area contributed by atoms with E-state index in [4.69, 9.17) is 10.3 Å². The molecule has 106 valence electrons. The Morgan fingerprint density at radius 3 is 2.67 bits per heavy atom. The van der Waals surface area contributed by atoms with Crippen molar-refractivity contribution in [2.24, 2.45) is 0 Å². The molecule has 5 heteroatoms. The van der Waals surface area contributed by atoms with Crippen LogP contribution in [0.3, 0.4) is 0 Å². The Kier molecular flexibility index (Phi) is 3.51. The maximum absolute atomic E-state index is 13.4. The summed E-state index contributed by atoms with van der Waals surface area (Å²) in [6.07, 6.45) is 0. The van der Waals surface area contributed by atoms with Crippen molar-refractivity contribution in [3.63, 3.8) is 0 Å². The van der Waals surface area contributed by atoms with Gasteiger partial charge in [-0.1, -0.05) is 45.4 Å². The predicted octanol–water partition coefficient (Wildman–Crippen LogP) is 4.80. The van der Waals surface area contributed by atoms with Crippen LogP contribution in [0.2, 0.25) is 0 Å². The van der Waals surface area contributed by atoms with E-state index in [-0.39, 0.29) is 11.7 Å². The average Bonchev–Trinajstić information content (AvgIpc) is 2.84. The van der Waals surface area contributed by atoms with Gasteiger partial charge in [0.25, 0.3) is 0 Å². The minimum Gasteiger partial charge on any atom is -0.367 e. The number of rotatable bonds is 2. The number of hydrogen-bond acceptors (Lipinski definition) is 3. The summed E-state index contributed by atoms with van der Waals surface area (Å²) in [6.45, 7) is 2.00. The van der Waals surface area contributed by atoms with E-state index >= 15 is 0 Å². The Labute approximate surface area is 129 Å². The van der Waals surface area contributed by atoms with Crippen molar-refractivity contribution in [3.05, 3.63) is 58.3 Å². The molecule has 1 heterocycles. The van der Waals surface area contributed by atoms with Crippen molar-refractivity contribution in [1.29, 1.82) is 0 Å². The molecule has 0 aliphatic heterocycles. The summed E-state index contributed by atoms with van der Waals surface area (Å²) >= 11 is 3.49. The average molecular weight is 347 g/mol. The number of anilines is 1. The second-order valence-electron chi connectivity index (χ2n) is 4.74. The van der Waals surface area contributed by atoms with Crippen LogP contribution in [0.5, 0.6) is 0 Å². The number of aryl methyl sites for hydroxylation is 1. The normalized spacial score (nSPS) is 10.8. The van der Waals surface area contributed by atoms with Crippen molar-refractivity contribution in [2.45, 2.75) is 6.92 Å². The third-order valence-corrected chi connectivity index (χ3v) is 4.13. The molecule has 0 atom stereocenters. The molecule has 2 N–H and O–H groups in total. The third kappa shape index (κ3) is 2.56. The summed E-state index contributed by atoms with van der Waals surface area (Å²) in [6, 6.07) is 12.0. The molecule has 0 unspecified atom stereocenters. The van der Waals surface area contributed by atoms with Crippen molar-refractivity contribution < 1.29 is 8.91 Å². The largest absolute Gasteiger partial charge is 0.367 e. The first-order valence-electron chi connectivity index (χ1n) is 6.34. The second-order valence-corrected chi connectivity index (χ2v) is 5.60. The maximum atomic E-state index is 13.4. The van der Waals surface area contributed by atoms with Crippen molar-refractivity contribution in [1.82, 2.24) is 5.16 Å². The highest BCUT2D eigenvalue weighted by atomic mass is 79.9. The summed E-state index contributed by atoms with van der Waals surface area (Å²) in [7, 11) is 0. The molecule has 0 amide bonds.